The van der Waals surface area contributed by atoms with Gasteiger partial charge in [0.25, 0.3) is 0 Å². The zero-order chi connectivity index (χ0) is 13.1. The lowest BCUT2D eigenvalue weighted by molar-refractivity contribution is 0.168. The highest BCUT2D eigenvalue weighted by atomic mass is 32.1. The lowest BCUT2D eigenvalue weighted by Gasteiger charge is -2.11. The summed E-state index contributed by atoms with van der Waals surface area (Å²) in [5, 5.41) is 11.3. The first kappa shape index (κ1) is 13.2. The standard InChI is InChI=1S/C13H19N3OS/c1-4-5-16-8-14-7-11(16)12(17)6-13-15-9(2)10(3)18-13/h7-8,12,17H,4-6H2,1-3H3. The summed E-state index contributed by atoms with van der Waals surface area (Å²) in [6, 6.07) is 0. The van der Waals surface area contributed by atoms with Gasteiger partial charge in [-0.1, -0.05) is 6.92 Å². The summed E-state index contributed by atoms with van der Waals surface area (Å²) in [4.78, 5) is 9.80. The molecule has 4 nitrogen and oxygen atoms in total. The molecule has 5 heteroatoms. The van der Waals surface area contributed by atoms with Crippen LogP contribution in [0.2, 0.25) is 0 Å². The van der Waals surface area contributed by atoms with Crippen LogP contribution < -0.4 is 0 Å². The summed E-state index contributed by atoms with van der Waals surface area (Å²) in [7, 11) is 0. The topological polar surface area (TPSA) is 50.9 Å². The molecule has 2 heterocycles. The molecule has 0 radical (unpaired) electrons. The Bertz CT molecular complexity index is 499. The van der Waals surface area contributed by atoms with Gasteiger partial charge in [-0.05, 0) is 20.3 Å². The monoisotopic (exact) mass is 265 g/mol. The van der Waals surface area contributed by atoms with Crippen molar-refractivity contribution in [2.75, 3.05) is 0 Å². The van der Waals surface area contributed by atoms with Crippen LogP contribution in [0.5, 0.6) is 0 Å². The summed E-state index contributed by atoms with van der Waals surface area (Å²) >= 11 is 1.66. The van der Waals surface area contributed by atoms with E-state index in [-0.39, 0.29) is 0 Å². The summed E-state index contributed by atoms with van der Waals surface area (Å²) in [6.45, 7) is 7.07. The first-order valence-electron chi connectivity index (χ1n) is 6.22. The third kappa shape index (κ3) is 2.79. The number of aryl methyl sites for hydroxylation is 3. The largest absolute Gasteiger partial charge is 0.386 e. The first-order valence-corrected chi connectivity index (χ1v) is 7.04. The van der Waals surface area contributed by atoms with Crippen molar-refractivity contribution in [3.05, 3.63) is 33.8 Å². The Morgan fingerprint density at radius 1 is 1.44 bits per heavy atom. The highest BCUT2D eigenvalue weighted by Crippen LogP contribution is 2.23. The molecular weight excluding hydrogens is 246 g/mol. The predicted molar refractivity (Wildman–Crippen MR) is 72.8 cm³/mol. The van der Waals surface area contributed by atoms with Crippen molar-refractivity contribution in [3.63, 3.8) is 0 Å². The Kier molecular flexibility index (Phi) is 4.14. The van der Waals surface area contributed by atoms with Crippen LogP contribution in [0.25, 0.3) is 0 Å². The maximum atomic E-state index is 10.3. The first-order chi connectivity index (χ1) is 8.61. The van der Waals surface area contributed by atoms with E-state index in [1.807, 2.05) is 11.5 Å². The number of aromatic nitrogens is 3. The van der Waals surface area contributed by atoms with Crippen molar-refractivity contribution >= 4 is 11.3 Å². The third-order valence-corrected chi connectivity index (χ3v) is 4.09. The van der Waals surface area contributed by atoms with E-state index in [0.29, 0.717) is 6.42 Å². The lowest BCUT2D eigenvalue weighted by atomic mass is 10.2. The molecule has 1 atom stereocenters. The quantitative estimate of drug-likeness (QED) is 0.904. The number of thiazole rings is 1. The molecule has 0 bridgehead atoms. The Morgan fingerprint density at radius 2 is 2.22 bits per heavy atom. The molecule has 0 saturated heterocycles. The van der Waals surface area contributed by atoms with Gasteiger partial charge >= 0.3 is 0 Å². The molecule has 0 aliphatic rings. The van der Waals surface area contributed by atoms with E-state index < -0.39 is 6.10 Å². The van der Waals surface area contributed by atoms with E-state index >= 15 is 0 Å². The average Bonchev–Trinajstić information content (AvgIpc) is 2.88. The highest BCUT2D eigenvalue weighted by Gasteiger charge is 2.15. The Hall–Kier alpha value is -1.20. The Balaban J connectivity index is 2.11. The number of aliphatic hydroxyl groups is 1. The van der Waals surface area contributed by atoms with E-state index in [1.54, 1.807) is 23.9 Å². The normalized spacial score (nSPS) is 12.9. The minimum Gasteiger partial charge on any atom is -0.386 e. The van der Waals surface area contributed by atoms with Gasteiger partial charge in [0, 0.05) is 17.8 Å². The van der Waals surface area contributed by atoms with Crippen LogP contribution in [0, 0.1) is 13.8 Å². The van der Waals surface area contributed by atoms with Crippen molar-refractivity contribution in [1.29, 1.82) is 0 Å². The molecule has 18 heavy (non-hydrogen) atoms. The summed E-state index contributed by atoms with van der Waals surface area (Å²) in [5.74, 6) is 0. The van der Waals surface area contributed by atoms with Gasteiger partial charge in [-0.2, -0.15) is 0 Å². The summed E-state index contributed by atoms with van der Waals surface area (Å²) in [6.07, 6.45) is 4.60. The number of hydrogen-bond donors (Lipinski definition) is 1. The molecule has 0 fully saturated rings. The summed E-state index contributed by atoms with van der Waals surface area (Å²) < 4.78 is 2.01. The van der Waals surface area contributed by atoms with Crippen molar-refractivity contribution < 1.29 is 5.11 Å². The van der Waals surface area contributed by atoms with E-state index in [1.165, 1.54) is 4.88 Å². The Labute approximate surface area is 111 Å². The molecule has 1 unspecified atom stereocenters. The zero-order valence-electron chi connectivity index (χ0n) is 11.1. The minimum atomic E-state index is -0.524. The molecule has 2 rings (SSSR count). The molecule has 0 amide bonds. The molecule has 1 N–H and O–H groups in total. The van der Waals surface area contributed by atoms with Crippen molar-refractivity contribution in [2.45, 2.75) is 46.3 Å². The number of rotatable bonds is 5. The van der Waals surface area contributed by atoms with Crippen molar-refractivity contribution in [1.82, 2.24) is 14.5 Å². The van der Waals surface area contributed by atoms with Gasteiger partial charge in [-0.3, -0.25) is 0 Å². The van der Waals surface area contributed by atoms with Crippen LogP contribution in [0.1, 0.15) is 40.7 Å². The van der Waals surface area contributed by atoms with Gasteiger partial charge in [0.05, 0.1) is 28.9 Å². The van der Waals surface area contributed by atoms with E-state index in [9.17, 15) is 5.11 Å². The fraction of sp³-hybridized carbons (Fsp3) is 0.538. The second kappa shape index (κ2) is 5.63. The second-order valence-corrected chi connectivity index (χ2v) is 5.77. The van der Waals surface area contributed by atoms with Crippen LogP contribution in [0.4, 0.5) is 0 Å². The SMILES string of the molecule is CCCn1cncc1C(O)Cc1nc(C)c(C)s1. The predicted octanol–water partition coefficient (Wildman–Crippen LogP) is 2.64. The van der Waals surface area contributed by atoms with E-state index in [0.717, 1.165) is 29.4 Å². The number of aliphatic hydroxyl groups excluding tert-OH is 1. The molecule has 2 aromatic rings. The molecular formula is C13H19N3OS. The van der Waals surface area contributed by atoms with Crippen LogP contribution in [-0.4, -0.2) is 19.6 Å². The van der Waals surface area contributed by atoms with Crippen LogP contribution in [0.3, 0.4) is 0 Å². The molecule has 98 valence electrons. The zero-order valence-corrected chi connectivity index (χ0v) is 11.9. The van der Waals surface area contributed by atoms with Gasteiger partial charge < -0.3 is 9.67 Å². The Morgan fingerprint density at radius 3 is 2.83 bits per heavy atom. The molecule has 0 aliphatic heterocycles. The number of nitrogens with zero attached hydrogens (tertiary/aromatic N) is 3. The van der Waals surface area contributed by atoms with Gasteiger partial charge in [0.15, 0.2) is 0 Å². The van der Waals surface area contributed by atoms with Crippen LogP contribution in [-0.2, 0) is 13.0 Å². The smallest absolute Gasteiger partial charge is 0.102 e. The lowest BCUT2D eigenvalue weighted by Crippen LogP contribution is -2.09. The maximum absolute atomic E-state index is 10.3. The molecule has 0 aliphatic carbocycles. The third-order valence-electron chi connectivity index (χ3n) is 2.99. The fourth-order valence-electron chi connectivity index (χ4n) is 1.93. The van der Waals surface area contributed by atoms with E-state index in [4.69, 9.17) is 0 Å². The van der Waals surface area contributed by atoms with Gasteiger partial charge in [-0.25, -0.2) is 9.97 Å². The van der Waals surface area contributed by atoms with Crippen molar-refractivity contribution in [3.8, 4) is 0 Å². The number of imidazole rings is 1. The maximum Gasteiger partial charge on any atom is 0.102 e. The molecule has 0 saturated carbocycles. The van der Waals surface area contributed by atoms with Gasteiger partial charge in [0.2, 0.25) is 0 Å². The van der Waals surface area contributed by atoms with Crippen LogP contribution in [0.15, 0.2) is 12.5 Å². The molecule has 2 aromatic heterocycles. The fourth-order valence-corrected chi connectivity index (χ4v) is 2.90. The molecule has 0 aromatic carbocycles. The van der Waals surface area contributed by atoms with Gasteiger partial charge in [-0.15, -0.1) is 11.3 Å². The number of hydrogen-bond acceptors (Lipinski definition) is 4. The minimum absolute atomic E-state index is 0.524. The second-order valence-electron chi connectivity index (χ2n) is 4.48. The van der Waals surface area contributed by atoms with Crippen LogP contribution >= 0.6 is 11.3 Å². The average molecular weight is 265 g/mol. The van der Waals surface area contributed by atoms with Crippen molar-refractivity contribution in [2.24, 2.45) is 0 Å². The van der Waals surface area contributed by atoms with Gasteiger partial charge in [0.1, 0.15) is 6.10 Å². The molecule has 0 spiro atoms. The van der Waals surface area contributed by atoms with E-state index in [2.05, 4.69) is 23.8 Å². The highest BCUT2D eigenvalue weighted by molar-refractivity contribution is 7.11. The summed E-state index contributed by atoms with van der Waals surface area (Å²) in [5.41, 5.74) is 1.94.